The number of piperazine rings is 1. The van der Waals surface area contributed by atoms with Crippen LogP contribution in [0.25, 0.3) is 5.65 Å². The predicted molar refractivity (Wildman–Crippen MR) is 147 cm³/mol. The zero-order chi connectivity index (χ0) is 27.1. The van der Waals surface area contributed by atoms with E-state index in [0.29, 0.717) is 65.7 Å². The Morgan fingerprint density at radius 3 is 2.62 bits per heavy atom. The first kappa shape index (κ1) is 24.9. The highest BCUT2D eigenvalue weighted by molar-refractivity contribution is 6.36. The fraction of sp³-hybridized carbons (Fsp3) is 0.375. The van der Waals surface area contributed by atoms with Crippen molar-refractivity contribution < 1.29 is 9.59 Å². The summed E-state index contributed by atoms with van der Waals surface area (Å²) in [5, 5.41) is 32.4. The van der Waals surface area contributed by atoms with Gasteiger partial charge in [-0.05, 0) is 30.5 Å². The highest BCUT2D eigenvalue weighted by Crippen LogP contribution is 2.36. The summed E-state index contributed by atoms with van der Waals surface area (Å²) < 4.78 is 1.56. The topological polar surface area (TPSA) is 180 Å². The average Bonchev–Trinajstić information content (AvgIpc) is 3.49. The summed E-state index contributed by atoms with van der Waals surface area (Å²) >= 11 is 6.89. The number of halogens is 1. The van der Waals surface area contributed by atoms with Gasteiger partial charge in [-0.1, -0.05) is 11.6 Å². The molecule has 0 radical (unpaired) electrons. The van der Waals surface area contributed by atoms with Crippen LogP contribution in [0.3, 0.4) is 0 Å². The minimum Gasteiger partial charge on any atom is -0.367 e. The van der Waals surface area contributed by atoms with E-state index in [2.05, 4.69) is 41.2 Å². The molecular weight excluding hydrogens is 524 g/mol. The Hall–Kier alpha value is -4.46. The summed E-state index contributed by atoms with van der Waals surface area (Å²) in [4.78, 5) is 37.0. The van der Waals surface area contributed by atoms with Crippen molar-refractivity contribution in [3.63, 3.8) is 0 Å². The van der Waals surface area contributed by atoms with E-state index in [9.17, 15) is 9.59 Å². The molecule has 6 N–H and O–H groups in total. The highest BCUT2D eigenvalue weighted by Gasteiger charge is 2.32. The number of carbonyl (C=O) groups is 2. The van der Waals surface area contributed by atoms with E-state index in [1.54, 1.807) is 21.7 Å². The normalized spacial score (nSPS) is 19.0. The van der Waals surface area contributed by atoms with Gasteiger partial charge < -0.3 is 41.9 Å². The number of amides is 3. The maximum Gasteiger partial charge on any atom is 0.315 e. The lowest BCUT2D eigenvalue weighted by Crippen LogP contribution is -2.54. The summed E-state index contributed by atoms with van der Waals surface area (Å²) in [6.45, 7) is 2.31. The van der Waals surface area contributed by atoms with Gasteiger partial charge >= 0.3 is 6.03 Å². The molecule has 2 aliphatic heterocycles. The maximum absolute atomic E-state index is 12.8. The SMILES string of the molecule is N=Cc1cc(Nc2nc(NC3CC3)c3ncc(C=N)n3n2)c(Cl)c(N2CCN(C(=O)C3CNC(=O)N3)CC2)c1. The smallest absolute Gasteiger partial charge is 0.315 e. The molecule has 39 heavy (non-hydrogen) atoms. The Bertz CT molecular complexity index is 1480. The summed E-state index contributed by atoms with van der Waals surface area (Å²) in [7, 11) is 0. The monoisotopic (exact) mass is 550 g/mol. The van der Waals surface area contributed by atoms with E-state index in [-0.39, 0.29) is 24.4 Å². The van der Waals surface area contributed by atoms with Gasteiger partial charge in [-0.15, -0.1) is 5.10 Å². The molecule has 3 aromatic rings. The molecule has 202 valence electrons. The number of benzene rings is 1. The zero-order valence-electron chi connectivity index (χ0n) is 20.9. The molecule has 2 aromatic heterocycles. The lowest BCUT2D eigenvalue weighted by molar-refractivity contribution is -0.132. The third kappa shape index (κ3) is 4.90. The molecule has 0 spiro atoms. The van der Waals surface area contributed by atoms with Gasteiger partial charge in [0, 0.05) is 51.2 Å². The van der Waals surface area contributed by atoms with Crippen molar-refractivity contribution >= 4 is 64.8 Å². The van der Waals surface area contributed by atoms with Crippen molar-refractivity contribution in [2.24, 2.45) is 0 Å². The number of carbonyl (C=O) groups excluding carboxylic acids is 2. The van der Waals surface area contributed by atoms with Gasteiger partial charge in [-0.25, -0.2) is 14.3 Å². The molecule has 3 amide bonds. The van der Waals surface area contributed by atoms with Gasteiger partial charge in [0.05, 0.1) is 22.6 Å². The van der Waals surface area contributed by atoms with E-state index in [1.807, 2.05) is 6.07 Å². The molecule has 3 aliphatic rings. The quantitative estimate of drug-likeness (QED) is 0.228. The van der Waals surface area contributed by atoms with Crippen molar-refractivity contribution in [1.82, 2.24) is 35.1 Å². The third-order valence-corrected chi connectivity index (χ3v) is 7.34. The number of anilines is 4. The Kier molecular flexibility index (Phi) is 6.38. The van der Waals surface area contributed by atoms with E-state index < -0.39 is 6.04 Å². The van der Waals surface area contributed by atoms with Crippen molar-refractivity contribution in [1.29, 1.82) is 10.8 Å². The van der Waals surface area contributed by atoms with Gasteiger partial charge in [-0.3, -0.25) is 4.79 Å². The van der Waals surface area contributed by atoms with Crippen molar-refractivity contribution in [3.8, 4) is 0 Å². The fourth-order valence-corrected chi connectivity index (χ4v) is 4.99. The number of nitrogens with zero attached hydrogens (tertiary/aromatic N) is 6. The Labute approximate surface area is 228 Å². The van der Waals surface area contributed by atoms with Crippen LogP contribution in [-0.4, -0.2) is 93.7 Å². The van der Waals surface area contributed by atoms with E-state index >= 15 is 0 Å². The number of hydrogen-bond donors (Lipinski definition) is 6. The van der Waals surface area contributed by atoms with Crippen molar-refractivity contribution in [2.45, 2.75) is 24.9 Å². The summed E-state index contributed by atoms with van der Waals surface area (Å²) in [6, 6.07) is 3.04. The molecule has 14 nitrogen and oxygen atoms in total. The van der Waals surface area contributed by atoms with E-state index in [0.717, 1.165) is 18.5 Å². The largest absolute Gasteiger partial charge is 0.367 e. The van der Waals surface area contributed by atoms with E-state index in [1.165, 1.54) is 12.4 Å². The number of aromatic nitrogens is 4. The molecule has 1 saturated carbocycles. The minimum absolute atomic E-state index is 0.110. The number of hydrogen-bond acceptors (Lipinski definition) is 10. The third-order valence-electron chi connectivity index (χ3n) is 6.95. The Morgan fingerprint density at radius 2 is 1.95 bits per heavy atom. The van der Waals surface area contributed by atoms with Crippen LogP contribution in [-0.2, 0) is 4.79 Å². The van der Waals surface area contributed by atoms with Crippen molar-refractivity contribution in [3.05, 3.63) is 34.6 Å². The summed E-state index contributed by atoms with van der Waals surface area (Å²) in [5.41, 5.74) is 2.93. The van der Waals surface area contributed by atoms with Crippen LogP contribution in [0.5, 0.6) is 0 Å². The zero-order valence-corrected chi connectivity index (χ0v) is 21.6. The second-order valence-electron chi connectivity index (χ2n) is 9.66. The summed E-state index contributed by atoms with van der Waals surface area (Å²) in [6.07, 6.45) is 6.10. The molecular formula is C24H27ClN12O2. The molecule has 0 bridgehead atoms. The van der Waals surface area contributed by atoms with Crippen LogP contribution >= 0.6 is 11.6 Å². The molecule has 1 atom stereocenters. The van der Waals surface area contributed by atoms with Gasteiger partial charge in [0.15, 0.2) is 11.5 Å². The first-order chi connectivity index (χ1) is 18.9. The molecule has 4 heterocycles. The Balaban J connectivity index is 1.25. The Morgan fingerprint density at radius 1 is 1.15 bits per heavy atom. The van der Waals surface area contributed by atoms with E-state index in [4.69, 9.17) is 22.4 Å². The molecule has 1 aromatic carbocycles. The maximum atomic E-state index is 12.8. The number of rotatable bonds is 8. The predicted octanol–water partition coefficient (Wildman–Crippen LogP) is 1.42. The second kappa shape index (κ2) is 10.0. The van der Waals surface area contributed by atoms with Crippen LogP contribution < -0.4 is 26.2 Å². The molecule has 1 aliphatic carbocycles. The van der Waals surface area contributed by atoms with Crippen molar-refractivity contribution in [2.75, 3.05) is 48.3 Å². The van der Waals surface area contributed by atoms with Gasteiger partial charge in [0.2, 0.25) is 11.9 Å². The molecule has 3 fully saturated rings. The number of nitrogens with one attached hydrogen (secondary N) is 6. The van der Waals surface area contributed by atoms with Crippen LogP contribution in [0.2, 0.25) is 5.02 Å². The highest BCUT2D eigenvalue weighted by atomic mass is 35.5. The lowest BCUT2D eigenvalue weighted by Gasteiger charge is -2.37. The average molecular weight is 551 g/mol. The first-order valence-electron chi connectivity index (χ1n) is 12.7. The first-order valence-corrected chi connectivity index (χ1v) is 13.0. The lowest BCUT2D eigenvalue weighted by atomic mass is 10.1. The summed E-state index contributed by atoms with van der Waals surface area (Å²) in [5.74, 6) is 0.725. The molecule has 15 heteroatoms. The number of fused-ring (bicyclic) bond motifs is 1. The van der Waals surface area contributed by atoms with Gasteiger partial charge in [0.1, 0.15) is 11.7 Å². The van der Waals surface area contributed by atoms with Crippen LogP contribution in [0.4, 0.5) is 27.9 Å². The second-order valence-corrected chi connectivity index (χ2v) is 10.0. The minimum atomic E-state index is -0.551. The van der Waals surface area contributed by atoms with Crippen LogP contribution in [0.15, 0.2) is 18.3 Å². The number of urea groups is 1. The molecule has 6 rings (SSSR count). The standard InChI is InChI=1S/C24H27ClN12O2/c25-19-16(31-23-33-20(30-14-1-2-14)21-28-11-15(10-27)37(21)34-23)7-13(9-26)8-18(19)35-3-5-36(6-4-35)22(38)17-12-29-24(39)32-17/h7-11,14,17,26-27H,1-6,12H2,(H2,29,32,39)(H2,30,31,33,34). The van der Waals surface area contributed by atoms with Crippen LogP contribution in [0, 0.1) is 10.8 Å². The molecule has 1 unspecified atom stereocenters. The fourth-order valence-electron chi connectivity index (χ4n) is 4.72. The van der Waals surface area contributed by atoms with Gasteiger partial charge in [0.25, 0.3) is 0 Å². The number of imidazole rings is 1. The van der Waals surface area contributed by atoms with Gasteiger partial charge in [-0.2, -0.15) is 4.98 Å². The molecule has 2 saturated heterocycles. The van der Waals surface area contributed by atoms with Crippen LogP contribution in [0.1, 0.15) is 24.1 Å².